The maximum atomic E-state index is 10.2. The van der Waals surface area contributed by atoms with Gasteiger partial charge in [0.15, 0.2) is 0 Å². The van der Waals surface area contributed by atoms with E-state index in [1.54, 1.807) is 13.1 Å². The molecule has 25 heavy (non-hydrogen) atoms. The highest BCUT2D eigenvalue weighted by Crippen LogP contribution is 2.34. The minimum Gasteiger partial charge on any atom is -0.506 e. The average molecular weight is 346 g/mol. The van der Waals surface area contributed by atoms with Crippen LogP contribution in [0.4, 0.5) is 0 Å². The molecular formula is C18H26N4O3. The topological polar surface area (TPSA) is 92.4 Å². The van der Waals surface area contributed by atoms with Crippen molar-refractivity contribution in [2.24, 2.45) is 5.92 Å². The first-order chi connectivity index (χ1) is 12.2. The maximum absolute atomic E-state index is 10.2. The smallest absolute Gasteiger partial charge is 0.141 e. The predicted octanol–water partition coefficient (Wildman–Crippen LogP) is 1.67. The number of nitrogens with zero attached hydrogens (tertiary/aromatic N) is 3. The molecule has 2 aromatic rings. The Balaban J connectivity index is 1.65. The van der Waals surface area contributed by atoms with Crippen molar-refractivity contribution < 1.29 is 14.9 Å². The number of aromatic nitrogens is 3. The molecule has 0 aromatic carbocycles. The molecule has 0 saturated carbocycles. The van der Waals surface area contributed by atoms with Gasteiger partial charge in [-0.25, -0.2) is 0 Å². The van der Waals surface area contributed by atoms with E-state index in [1.165, 1.54) is 0 Å². The summed E-state index contributed by atoms with van der Waals surface area (Å²) in [6, 6.07) is 2.02. The molecule has 1 aliphatic rings. The Labute approximate surface area is 147 Å². The van der Waals surface area contributed by atoms with Crippen molar-refractivity contribution in [3.63, 3.8) is 0 Å². The van der Waals surface area contributed by atoms with Crippen LogP contribution < -0.4 is 5.32 Å². The fourth-order valence-corrected chi connectivity index (χ4v) is 3.42. The van der Waals surface area contributed by atoms with E-state index < -0.39 is 0 Å². The minimum atomic E-state index is -0.136. The molecule has 136 valence electrons. The number of nitrogens with one attached hydrogen (secondary N) is 1. The molecule has 1 saturated heterocycles. The van der Waals surface area contributed by atoms with Gasteiger partial charge in [0.25, 0.3) is 0 Å². The Morgan fingerprint density at radius 2 is 2.28 bits per heavy atom. The number of aryl methyl sites for hydroxylation is 2. The Kier molecular flexibility index (Phi) is 5.67. The molecule has 3 N–H and O–H groups in total. The van der Waals surface area contributed by atoms with Crippen molar-refractivity contribution in [3.05, 3.63) is 41.0 Å². The third kappa shape index (κ3) is 3.68. The summed E-state index contributed by atoms with van der Waals surface area (Å²) >= 11 is 0. The van der Waals surface area contributed by atoms with Gasteiger partial charge in [0.1, 0.15) is 11.9 Å². The van der Waals surface area contributed by atoms with Gasteiger partial charge in [0.2, 0.25) is 0 Å². The second-order valence-electron chi connectivity index (χ2n) is 6.40. The van der Waals surface area contributed by atoms with E-state index in [2.05, 4.69) is 22.3 Å². The summed E-state index contributed by atoms with van der Waals surface area (Å²) in [7, 11) is 0. The number of rotatable bonds is 7. The minimum absolute atomic E-state index is 0.0417. The van der Waals surface area contributed by atoms with Gasteiger partial charge in [0, 0.05) is 55.7 Å². The van der Waals surface area contributed by atoms with Crippen molar-refractivity contribution in [2.75, 3.05) is 13.2 Å². The van der Waals surface area contributed by atoms with Gasteiger partial charge >= 0.3 is 0 Å². The molecule has 2 atom stereocenters. The van der Waals surface area contributed by atoms with Gasteiger partial charge in [-0.15, -0.1) is 0 Å². The summed E-state index contributed by atoms with van der Waals surface area (Å²) in [5.74, 6) is 0.506. The second-order valence-corrected chi connectivity index (χ2v) is 6.40. The molecule has 1 fully saturated rings. The monoisotopic (exact) mass is 346 g/mol. The Bertz CT molecular complexity index is 716. The van der Waals surface area contributed by atoms with Crippen LogP contribution in [0.15, 0.2) is 18.5 Å². The summed E-state index contributed by atoms with van der Waals surface area (Å²) in [4.78, 5) is 4.09. The van der Waals surface area contributed by atoms with E-state index in [4.69, 9.17) is 4.74 Å². The summed E-state index contributed by atoms with van der Waals surface area (Å²) in [5, 5.41) is 27.4. The quantitative estimate of drug-likeness (QED) is 0.706. The molecule has 0 amide bonds. The molecule has 0 aliphatic carbocycles. The van der Waals surface area contributed by atoms with Gasteiger partial charge in [-0.1, -0.05) is 0 Å². The van der Waals surface area contributed by atoms with E-state index in [9.17, 15) is 10.2 Å². The van der Waals surface area contributed by atoms with Crippen LogP contribution in [0.1, 0.15) is 42.0 Å². The average Bonchev–Trinajstić information content (AvgIpc) is 3.27. The Morgan fingerprint density at radius 1 is 1.44 bits per heavy atom. The van der Waals surface area contributed by atoms with Crippen LogP contribution in [0.3, 0.4) is 0 Å². The molecule has 7 nitrogen and oxygen atoms in total. The van der Waals surface area contributed by atoms with Crippen molar-refractivity contribution >= 4 is 0 Å². The van der Waals surface area contributed by atoms with Crippen LogP contribution in [0.5, 0.6) is 5.75 Å². The standard InChI is InChI=1S/C18H26N4O3/c1-3-22-16(4-6-21-22)18-13(5-7-25-18)8-19-10-15-14(11-23)9-20-12(2)17(15)24/h4,6,9,13,18-19,23-24H,3,5,7-8,10-11H2,1-2H3/t13-,18+/m0/s1. The van der Waals surface area contributed by atoms with E-state index in [-0.39, 0.29) is 18.5 Å². The molecule has 7 heteroatoms. The number of aliphatic hydroxyl groups is 1. The normalized spacial score (nSPS) is 20.3. The fourth-order valence-electron chi connectivity index (χ4n) is 3.42. The molecule has 3 rings (SSSR count). The lowest BCUT2D eigenvalue weighted by Gasteiger charge is -2.20. The molecule has 0 spiro atoms. The number of aromatic hydroxyl groups is 1. The summed E-state index contributed by atoms with van der Waals surface area (Å²) in [6.07, 6.45) is 4.46. The Hall–Kier alpha value is -1.96. The Morgan fingerprint density at radius 3 is 3.04 bits per heavy atom. The van der Waals surface area contributed by atoms with Gasteiger partial charge in [-0.05, 0) is 26.3 Å². The lowest BCUT2D eigenvalue weighted by molar-refractivity contribution is 0.0829. The first kappa shape index (κ1) is 17.8. The largest absolute Gasteiger partial charge is 0.506 e. The fraction of sp³-hybridized carbons (Fsp3) is 0.556. The first-order valence-corrected chi connectivity index (χ1v) is 8.76. The van der Waals surface area contributed by atoms with Gasteiger partial charge in [0.05, 0.1) is 18.0 Å². The SMILES string of the molecule is CCn1nccc1[C@@H]1OCC[C@H]1CNCc1c(CO)cnc(C)c1O. The predicted molar refractivity (Wildman–Crippen MR) is 93.0 cm³/mol. The first-order valence-electron chi connectivity index (χ1n) is 8.76. The lowest BCUT2D eigenvalue weighted by atomic mass is 9.98. The molecule has 0 unspecified atom stereocenters. The molecule has 0 radical (unpaired) electrons. The van der Waals surface area contributed by atoms with Crippen molar-refractivity contribution in [3.8, 4) is 5.75 Å². The van der Waals surface area contributed by atoms with Gasteiger partial charge < -0.3 is 20.3 Å². The molecular weight excluding hydrogens is 320 g/mol. The van der Waals surface area contributed by atoms with Crippen molar-refractivity contribution in [1.29, 1.82) is 0 Å². The third-order valence-electron chi connectivity index (χ3n) is 4.86. The van der Waals surface area contributed by atoms with Crippen LogP contribution in [0, 0.1) is 12.8 Å². The van der Waals surface area contributed by atoms with Gasteiger partial charge in [-0.3, -0.25) is 9.67 Å². The molecule has 1 aliphatic heterocycles. The second kappa shape index (κ2) is 7.95. The summed E-state index contributed by atoms with van der Waals surface area (Å²) < 4.78 is 7.92. The van der Waals surface area contributed by atoms with Crippen LogP contribution >= 0.6 is 0 Å². The van der Waals surface area contributed by atoms with Crippen LogP contribution in [-0.4, -0.2) is 38.1 Å². The van der Waals surface area contributed by atoms with Crippen molar-refractivity contribution in [1.82, 2.24) is 20.1 Å². The highest BCUT2D eigenvalue weighted by atomic mass is 16.5. The van der Waals surface area contributed by atoms with Crippen molar-refractivity contribution in [2.45, 2.75) is 46.1 Å². The summed E-state index contributed by atoms with van der Waals surface area (Å²) in [5.41, 5.74) is 3.05. The maximum Gasteiger partial charge on any atom is 0.141 e. The highest BCUT2D eigenvalue weighted by Gasteiger charge is 2.31. The zero-order valence-corrected chi connectivity index (χ0v) is 14.8. The molecule has 2 aromatic heterocycles. The third-order valence-corrected chi connectivity index (χ3v) is 4.86. The van der Waals surface area contributed by atoms with E-state index >= 15 is 0 Å². The van der Waals surface area contributed by atoms with Gasteiger partial charge in [-0.2, -0.15) is 5.10 Å². The number of aliphatic hydroxyl groups excluding tert-OH is 1. The lowest BCUT2D eigenvalue weighted by Crippen LogP contribution is -2.26. The zero-order valence-electron chi connectivity index (χ0n) is 14.8. The van der Waals surface area contributed by atoms with Crippen LogP contribution in [-0.2, 0) is 24.4 Å². The summed E-state index contributed by atoms with van der Waals surface area (Å²) in [6.45, 7) is 6.52. The number of pyridine rings is 1. The molecule has 0 bridgehead atoms. The number of ether oxygens (including phenoxy) is 1. The zero-order chi connectivity index (χ0) is 17.8. The van der Waals surface area contributed by atoms with Crippen LogP contribution in [0.25, 0.3) is 0 Å². The number of hydrogen-bond acceptors (Lipinski definition) is 6. The van der Waals surface area contributed by atoms with Crippen LogP contribution in [0.2, 0.25) is 0 Å². The number of hydrogen-bond donors (Lipinski definition) is 3. The van der Waals surface area contributed by atoms with E-state index in [0.717, 1.165) is 31.8 Å². The highest BCUT2D eigenvalue weighted by molar-refractivity contribution is 5.40. The van der Waals surface area contributed by atoms with E-state index in [0.29, 0.717) is 29.3 Å². The van der Waals surface area contributed by atoms with E-state index in [1.807, 2.05) is 16.9 Å². The molecule has 3 heterocycles.